The molecule has 0 spiro atoms. The lowest BCUT2D eigenvalue weighted by Crippen LogP contribution is -2.09. The number of aromatic amines is 1. The first-order chi connectivity index (χ1) is 9.04. The molecule has 0 aliphatic rings. The molecule has 19 heavy (non-hydrogen) atoms. The van der Waals surface area contributed by atoms with E-state index in [1.165, 1.54) is 0 Å². The second kappa shape index (κ2) is 6.80. The largest absolute Gasteiger partial charge is 0.497 e. The minimum absolute atomic E-state index is 0.857. The summed E-state index contributed by atoms with van der Waals surface area (Å²) in [6.45, 7) is 0. The Morgan fingerprint density at radius 2 is 1.74 bits per heavy atom. The molecule has 0 bridgehead atoms. The zero-order chi connectivity index (χ0) is 14.3. The minimum atomic E-state index is -1.82. The summed E-state index contributed by atoms with van der Waals surface area (Å²) < 4.78 is 5.06. The predicted molar refractivity (Wildman–Crippen MR) is 65.8 cm³/mol. The van der Waals surface area contributed by atoms with Crippen molar-refractivity contribution in [3.05, 3.63) is 36.7 Å². The third-order valence-electron chi connectivity index (χ3n) is 2.04. The summed E-state index contributed by atoms with van der Waals surface area (Å²) >= 11 is 0. The number of aliphatic carboxylic acids is 2. The van der Waals surface area contributed by atoms with Crippen molar-refractivity contribution >= 4 is 11.9 Å². The molecule has 0 aliphatic heterocycles. The Bertz CT molecular complexity index is 522. The molecular weight excluding hydrogens is 252 g/mol. The maximum absolute atomic E-state index is 9.10. The number of nitrogens with one attached hydrogen (secondary N) is 1. The fourth-order valence-electron chi connectivity index (χ4n) is 1.17. The first-order valence-electron chi connectivity index (χ1n) is 5.14. The third-order valence-corrected chi connectivity index (χ3v) is 2.04. The number of methoxy groups -OCH3 is 1. The molecular formula is C12H12N2O5. The van der Waals surface area contributed by atoms with Crippen molar-refractivity contribution < 1.29 is 24.5 Å². The molecule has 2 rings (SSSR count). The summed E-state index contributed by atoms with van der Waals surface area (Å²) in [6.07, 6.45) is 3.54. The van der Waals surface area contributed by atoms with Gasteiger partial charge in [-0.05, 0) is 24.3 Å². The van der Waals surface area contributed by atoms with E-state index >= 15 is 0 Å². The van der Waals surface area contributed by atoms with Crippen LogP contribution in [0, 0.1) is 0 Å². The number of nitrogens with zero attached hydrogens (tertiary/aromatic N) is 1. The minimum Gasteiger partial charge on any atom is -0.497 e. The van der Waals surface area contributed by atoms with Gasteiger partial charge >= 0.3 is 11.9 Å². The Balaban J connectivity index is 0.000000258. The Morgan fingerprint density at radius 3 is 2.11 bits per heavy atom. The van der Waals surface area contributed by atoms with Gasteiger partial charge in [0.25, 0.3) is 0 Å². The zero-order valence-corrected chi connectivity index (χ0v) is 10.0. The molecule has 7 heteroatoms. The van der Waals surface area contributed by atoms with E-state index in [0.717, 1.165) is 17.1 Å². The summed E-state index contributed by atoms with van der Waals surface area (Å²) in [6, 6.07) is 7.77. The number of rotatable bonds is 2. The lowest BCUT2D eigenvalue weighted by atomic mass is 10.2. The number of hydrogen-bond acceptors (Lipinski definition) is 4. The highest BCUT2D eigenvalue weighted by Crippen LogP contribution is 2.18. The number of carboxylic acids is 2. The van der Waals surface area contributed by atoms with E-state index in [2.05, 4.69) is 9.97 Å². The molecule has 0 radical (unpaired) electrons. The average molecular weight is 264 g/mol. The van der Waals surface area contributed by atoms with E-state index in [9.17, 15) is 0 Å². The standard InChI is InChI=1S/C10H10N2O.C2H2O4/c1-13-9-4-2-8(3-5-9)10-11-6-7-12-10;3-1(4)2(5)6/h2-7H,1H3,(H,11,12);(H,3,4)(H,5,6). The number of aromatic nitrogens is 2. The number of H-pyrrole nitrogens is 1. The van der Waals surface area contributed by atoms with Gasteiger partial charge in [0.2, 0.25) is 0 Å². The van der Waals surface area contributed by atoms with E-state index in [1.807, 2.05) is 24.3 Å². The molecule has 3 N–H and O–H groups in total. The van der Waals surface area contributed by atoms with Gasteiger partial charge in [-0.2, -0.15) is 0 Å². The highest BCUT2D eigenvalue weighted by molar-refractivity contribution is 6.27. The van der Waals surface area contributed by atoms with Gasteiger partial charge in [0.05, 0.1) is 7.11 Å². The second-order valence-corrected chi connectivity index (χ2v) is 3.28. The molecule has 7 nitrogen and oxygen atoms in total. The molecule has 1 aromatic heterocycles. The normalized spacial score (nSPS) is 9.11. The Kier molecular flexibility index (Phi) is 5.09. The van der Waals surface area contributed by atoms with Crippen LogP contribution in [0.4, 0.5) is 0 Å². The number of hydrogen-bond donors (Lipinski definition) is 3. The fraction of sp³-hybridized carbons (Fsp3) is 0.0833. The third kappa shape index (κ3) is 4.50. The maximum atomic E-state index is 9.10. The van der Waals surface area contributed by atoms with Crippen molar-refractivity contribution in [3.63, 3.8) is 0 Å². The lowest BCUT2D eigenvalue weighted by molar-refractivity contribution is -0.159. The van der Waals surface area contributed by atoms with Crippen LogP contribution in [0.1, 0.15) is 0 Å². The number of carboxylic acid groups (broad SMARTS) is 2. The maximum Gasteiger partial charge on any atom is 0.414 e. The molecule has 1 aromatic carbocycles. The van der Waals surface area contributed by atoms with E-state index in [-0.39, 0.29) is 0 Å². The van der Waals surface area contributed by atoms with Crippen LogP contribution < -0.4 is 4.74 Å². The van der Waals surface area contributed by atoms with E-state index in [1.54, 1.807) is 19.5 Å². The first kappa shape index (κ1) is 14.2. The molecule has 0 saturated carbocycles. The van der Waals surface area contributed by atoms with Gasteiger partial charge in [0.1, 0.15) is 11.6 Å². The molecule has 0 saturated heterocycles. The van der Waals surface area contributed by atoms with Gasteiger partial charge in [-0.25, -0.2) is 14.6 Å². The Labute approximate surface area is 108 Å². The van der Waals surface area contributed by atoms with Crippen molar-refractivity contribution in [2.24, 2.45) is 0 Å². The van der Waals surface area contributed by atoms with E-state index in [0.29, 0.717) is 0 Å². The number of carbonyl (C=O) groups is 2. The molecule has 0 unspecified atom stereocenters. The van der Waals surface area contributed by atoms with Crippen molar-refractivity contribution in [2.45, 2.75) is 0 Å². The molecule has 0 amide bonds. The van der Waals surface area contributed by atoms with Crippen LogP contribution in [0.25, 0.3) is 11.4 Å². The molecule has 0 fully saturated rings. The van der Waals surface area contributed by atoms with E-state index < -0.39 is 11.9 Å². The molecule has 1 heterocycles. The van der Waals surface area contributed by atoms with Gasteiger partial charge in [-0.15, -0.1) is 0 Å². The van der Waals surface area contributed by atoms with Crippen molar-refractivity contribution in [3.8, 4) is 17.1 Å². The predicted octanol–water partition coefficient (Wildman–Crippen LogP) is 1.24. The number of imidazole rings is 1. The first-order valence-corrected chi connectivity index (χ1v) is 5.14. The molecule has 0 atom stereocenters. The second-order valence-electron chi connectivity index (χ2n) is 3.28. The van der Waals surface area contributed by atoms with Crippen LogP contribution in [0.3, 0.4) is 0 Å². The number of ether oxygens (including phenoxy) is 1. The van der Waals surface area contributed by atoms with Gasteiger partial charge < -0.3 is 19.9 Å². The zero-order valence-electron chi connectivity index (χ0n) is 10.0. The van der Waals surface area contributed by atoms with Crippen molar-refractivity contribution in [2.75, 3.05) is 7.11 Å². The lowest BCUT2D eigenvalue weighted by Gasteiger charge is -1.99. The highest BCUT2D eigenvalue weighted by atomic mass is 16.5. The quantitative estimate of drug-likeness (QED) is 0.703. The summed E-state index contributed by atoms with van der Waals surface area (Å²) in [5.41, 5.74) is 1.06. The van der Waals surface area contributed by atoms with Gasteiger partial charge in [0.15, 0.2) is 0 Å². The SMILES string of the molecule is COc1ccc(-c2ncc[nH]2)cc1.O=C(O)C(=O)O. The van der Waals surface area contributed by atoms with Gasteiger partial charge in [-0.3, -0.25) is 0 Å². The highest BCUT2D eigenvalue weighted by Gasteiger charge is 2.04. The van der Waals surface area contributed by atoms with Crippen LogP contribution in [-0.4, -0.2) is 39.2 Å². The van der Waals surface area contributed by atoms with Crippen LogP contribution in [-0.2, 0) is 9.59 Å². The monoisotopic (exact) mass is 264 g/mol. The van der Waals surface area contributed by atoms with E-state index in [4.69, 9.17) is 24.5 Å². The van der Waals surface area contributed by atoms with Crippen LogP contribution in [0.5, 0.6) is 5.75 Å². The van der Waals surface area contributed by atoms with Crippen LogP contribution in [0.2, 0.25) is 0 Å². The Morgan fingerprint density at radius 1 is 1.16 bits per heavy atom. The molecule has 100 valence electrons. The molecule has 0 aliphatic carbocycles. The van der Waals surface area contributed by atoms with Crippen LogP contribution in [0.15, 0.2) is 36.7 Å². The van der Waals surface area contributed by atoms with Gasteiger partial charge in [0, 0.05) is 18.0 Å². The molecule has 2 aromatic rings. The van der Waals surface area contributed by atoms with Crippen molar-refractivity contribution in [1.29, 1.82) is 0 Å². The van der Waals surface area contributed by atoms with Gasteiger partial charge in [-0.1, -0.05) is 0 Å². The van der Waals surface area contributed by atoms with Crippen molar-refractivity contribution in [1.82, 2.24) is 9.97 Å². The topological polar surface area (TPSA) is 113 Å². The summed E-state index contributed by atoms with van der Waals surface area (Å²) in [5.74, 6) is -1.91. The summed E-state index contributed by atoms with van der Waals surface area (Å²) in [5, 5.41) is 14.8. The fourth-order valence-corrected chi connectivity index (χ4v) is 1.17. The number of benzene rings is 1. The smallest absolute Gasteiger partial charge is 0.414 e. The average Bonchev–Trinajstić information content (AvgIpc) is 2.93. The summed E-state index contributed by atoms with van der Waals surface area (Å²) in [7, 11) is 1.65. The van der Waals surface area contributed by atoms with Crippen LogP contribution >= 0.6 is 0 Å². The summed E-state index contributed by atoms with van der Waals surface area (Å²) in [4.78, 5) is 25.4. The Hall–Kier alpha value is -2.83.